The molecule has 1 unspecified atom stereocenters. The largest absolute Gasteiger partial charge is 0.356 e. The van der Waals surface area contributed by atoms with Gasteiger partial charge in [-0.1, -0.05) is 45.0 Å². The lowest BCUT2D eigenvalue weighted by Gasteiger charge is -2.47. The minimum absolute atomic E-state index is 0.0615. The predicted octanol–water partition coefficient (Wildman–Crippen LogP) is 3.12. The molecule has 1 aromatic rings. The summed E-state index contributed by atoms with van der Waals surface area (Å²) < 4.78 is 5.22. The number of carbonyl (C=O) groups is 1. The highest BCUT2D eigenvalue weighted by molar-refractivity contribution is 5.80. The zero-order valence-corrected chi connectivity index (χ0v) is 17.6. The van der Waals surface area contributed by atoms with E-state index in [2.05, 4.69) is 62.2 Å². The van der Waals surface area contributed by atoms with E-state index in [9.17, 15) is 9.90 Å². The molecule has 3 fully saturated rings. The maximum atomic E-state index is 13.0. The number of rotatable bonds is 2. The number of likely N-dealkylation sites (tertiary alicyclic amines) is 1. The van der Waals surface area contributed by atoms with E-state index in [-0.39, 0.29) is 28.8 Å². The Kier molecular flexibility index (Phi) is 5.05. The van der Waals surface area contributed by atoms with Crippen LogP contribution in [0.5, 0.6) is 0 Å². The number of aliphatic hydroxyl groups excluding tert-OH is 1. The van der Waals surface area contributed by atoms with Crippen molar-refractivity contribution in [2.45, 2.75) is 82.7 Å². The van der Waals surface area contributed by atoms with Gasteiger partial charge >= 0.3 is 0 Å². The summed E-state index contributed by atoms with van der Waals surface area (Å²) >= 11 is 0. The molecule has 1 aliphatic carbocycles. The number of carbonyl (C=O) groups excluding carboxylic acids is 1. The Morgan fingerprint density at radius 3 is 2.46 bits per heavy atom. The molecule has 4 rings (SSSR count). The summed E-state index contributed by atoms with van der Waals surface area (Å²) in [6.45, 7) is 10.2. The Hall–Kier alpha value is -1.43. The molecular formula is C23H34N2O3. The third-order valence-electron chi connectivity index (χ3n) is 6.98. The topological polar surface area (TPSA) is 61.8 Å². The maximum Gasteiger partial charge on any atom is 0.226 e. The molecule has 0 radical (unpaired) electrons. The van der Waals surface area contributed by atoms with Crippen LogP contribution in [-0.4, -0.2) is 47.1 Å². The van der Waals surface area contributed by atoms with E-state index < -0.39 is 6.41 Å². The van der Waals surface area contributed by atoms with Crippen molar-refractivity contribution < 1.29 is 14.6 Å². The lowest BCUT2D eigenvalue weighted by Crippen LogP contribution is -2.60. The fourth-order valence-corrected chi connectivity index (χ4v) is 5.17. The minimum atomic E-state index is -0.879. The quantitative estimate of drug-likeness (QED) is 0.820. The number of ether oxygens (including phenoxy) is 1. The van der Waals surface area contributed by atoms with Gasteiger partial charge in [-0.25, -0.2) is 0 Å². The number of amides is 1. The van der Waals surface area contributed by atoms with Crippen LogP contribution >= 0.6 is 0 Å². The molecule has 1 aromatic carbocycles. The van der Waals surface area contributed by atoms with Crippen LogP contribution in [0.25, 0.3) is 0 Å². The number of nitrogens with zero attached hydrogens (tertiary/aromatic N) is 1. The van der Waals surface area contributed by atoms with Crippen LogP contribution in [-0.2, 0) is 14.9 Å². The molecule has 2 N–H and O–H groups in total. The van der Waals surface area contributed by atoms with Crippen molar-refractivity contribution in [1.29, 1.82) is 0 Å². The van der Waals surface area contributed by atoms with Crippen molar-refractivity contribution >= 4 is 5.91 Å². The monoisotopic (exact) mass is 386 g/mol. The summed E-state index contributed by atoms with van der Waals surface area (Å²) in [5, 5.41) is 12.6. The predicted molar refractivity (Wildman–Crippen MR) is 109 cm³/mol. The van der Waals surface area contributed by atoms with Gasteiger partial charge in [-0.15, -0.1) is 0 Å². The van der Waals surface area contributed by atoms with E-state index in [0.29, 0.717) is 12.5 Å². The first kappa shape index (κ1) is 19.9. The summed E-state index contributed by atoms with van der Waals surface area (Å²) in [4.78, 5) is 15.1. The minimum Gasteiger partial charge on any atom is -0.356 e. The van der Waals surface area contributed by atoms with Gasteiger partial charge < -0.3 is 14.7 Å². The highest BCUT2D eigenvalue weighted by atomic mass is 16.6. The maximum absolute atomic E-state index is 13.0. The van der Waals surface area contributed by atoms with Gasteiger partial charge in [0.2, 0.25) is 12.3 Å². The average Bonchev–Trinajstić information content (AvgIpc) is 3.01. The Morgan fingerprint density at radius 2 is 1.93 bits per heavy atom. The van der Waals surface area contributed by atoms with E-state index in [1.54, 1.807) is 0 Å². The zero-order valence-electron chi connectivity index (χ0n) is 17.6. The molecule has 0 bridgehead atoms. The van der Waals surface area contributed by atoms with Gasteiger partial charge in [0.15, 0.2) is 0 Å². The van der Waals surface area contributed by atoms with Crippen molar-refractivity contribution in [1.82, 2.24) is 10.2 Å². The number of piperidine rings is 1. The van der Waals surface area contributed by atoms with Crippen LogP contribution in [0.4, 0.5) is 0 Å². The van der Waals surface area contributed by atoms with Gasteiger partial charge in [-0.2, -0.15) is 0 Å². The van der Waals surface area contributed by atoms with Gasteiger partial charge in [-0.3, -0.25) is 10.1 Å². The lowest BCUT2D eigenvalue weighted by atomic mass is 9.68. The van der Waals surface area contributed by atoms with Crippen molar-refractivity contribution in [2.75, 3.05) is 13.2 Å². The SMILES string of the molecule is C[C@@H]1C[C@H](c2ccc(C(C)(C)C)cc2)CCN1C(=O)C1CC2(COC(O)N2)C1. The first-order valence-corrected chi connectivity index (χ1v) is 10.7. The molecular weight excluding hydrogens is 352 g/mol. The second-order valence-corrected chi connectivity index (χ2v) is 10.2. The highest BCUT2D eigenvalue weighted by Crippen LogP contribution is 2.43. The van der Waals surface area contributed by atoms with Gasteiger partial charge in [0.05, 0.1) is 6.61 Å². The molecule has 0 aromatic heterocycles. The van der Waals surface area contributed by atoms with E-state index in [1.165, 1.54) is 11.1 Å². The molecule has 3 atom stereocenters. The highest BCUT2D eigenvalue weighted by Gasteiger charge is 2.53. The van der Waals surface area contributed by atoms with Crippen molar-refractivity contribution in [3.63, 3.8) is 0 Å². The molecule has 2 aliphatic heterocycles. The van der Waals surface area contributed by atoms with Gasteiger partial charge in [0.1, 0.15) is 0 Å². The normalized spacial score (nSPS) is 35.8. The van der Waals surface area contributed by atoms with Crippen molar-refractivity contribution in [3.05, 3.63) is 35.4 Å². The van der Waals surface area contributed by atoms with Crippen LogP contribution in [0.3, 0.4) is 0 Å². The Morgan fingerprint density at radius 1 is 1.25 bits per heavy atom. The zero-order chi connectivity index (χ0) is 20.1. The Bertz CT molecular complexity index is 718. The van der Waals surface area contributed by atoms with Crippen LogP contribution in [0.1, 0.15) is 70.4 Å². The first-order chi connectivity index (χ1) is 13.2. The fraction of sp³-hybridized carbons (Fsp3) is 0.696. The summed E-state index contributed by atoms with van der Waals surface area (Å²) in [5.74, 6) is 0.871. The molecule has 28 heavy (non-hydrogen) atoms. The van der Waals surface area contributed by atoms with Crippen LogP contribution < -0.4 is 5.32 Å². The fourth-order valence-electron chi connectivity index (χ4n) is 5.17. The van der Waals surface area contributed by atoms with E-state index in [4.69, 9.17) is 4.74 Å². The van der Waals surface area contributed by atoms with Crippen molar-refractivity contribution in [2.24, 2.45) is 5.92 Å². The van der Waals surface area contributed by atoms with E-state index in [1.807, 2.05) is 0 Å². The molecule has 154 valence electrons. The summed E-state index contributed by atoms with van der Waals surface area (Å²) in [5.41, 5.74) is 2.76. The number of hydrogen-bond donors (Lipinski definition) is 2. The second kappa shape index (κ2) is 7.12. The van der Waals surface area contributed by atoms with Gasteiger partial charge in [0, 0.05) is 24.0 Å². The van der Waals surface area contributed by atoms with Crippen LogP contribution in [0.2, 0.25) is 0 Å². The second-order valence-electron chi connectivity index (χ2n) is 10.2. The lowest BCUT2D eigenvalue weighted by molar-refractivity contribution is -0.144. The van der Waals surface area contributed by atoms with E-state index >= 15 is 0 Å². The third kappa shape index (κ3) is 3.72. The number of aliphatic hydroxyl groups is 1. The Balaban J connectivity index is 1.33. The summed E-state index contributed by atoms with van der Waals surface area (Å²) in [6, 6.07) is 9.35. The smallest absolute Gasteiger partial charge is 0.226 e. The molecule has 5 heteroatoms. The van der Waals surface area contributed by atoms with Crippen LogP contribution in [0.15, 0.2) is 24.3 Å². The molecule has 1 amide bonds. The number of benzene rings is 1. The molecule has 2 saturated heterocycles. The number of hydrogen-bond acceptors (Lipinski definition) is 4. The number of nitrogens with one attached hydrogen (secondary N) is 1. The molecule has 1 saturated carbocycles. The van der Waals surface area contributed by atoms with E-state index in [0.717, 1.165) is 32.2 Å². The van der Waals surface area contributed by atoms with Crippen molar-refractivity contribution in [3.8, 4) is 0 Å². The van der Waals surface area contributed by atoms with Gasteiger partial charge in [0.25, 0.3) is 0 Å². The first-order valence-electron chi connectivity index (χ1n) is 10.7. The molecule has 2 heterocycles. The van der Waals surface area contributed by atoms with Gasteiger partial charge in [-0.05, 0) is 55.1 Å². The van der Waals surface area contributed by atoms with Crippen LogP contribution in [0, 0.1) is 5.92 Å². The standard InChI is InChI=1S/C23H34N2O3/c1-15-11-17(16-5-7-19(8-6-16)22(2,3)4)9-10-25(15)20(26)18-12-23(13-18)14-28-21(27)24-23/h5-8,15,17-18,21,24,27H,9-14H2,1-4H3/t15-,17-,18?,21?,23?/m1/s1. The molecule has 1 spiro atoms. The molecule has 5 nitrogen and oxygen atoms in total. The third-order valence-corrected chi connectivity index (χ3v) is 6.98. The summed E-state index contributed by atoms with van der Waals surface area (Å²) in [6.07, 6.45) is 2.71. The molecule has 3 aliphatic rings. The Labute approximate surface area is 168 Å². The summed E-state index contributed by atoms with van der Waals surface area (Å²) in [7, 11) is 0. The average molecular weight is 387 g/mol.